The van der Waals surface area contributed by atoms with Crippen LogP contribution in [0.25, 0.3) is 5.57 Å². The molecule has 4 nitrogen and oxygen atoms in total. The third-order valence-corrected chi connectivity index (χ3v) is 9.22. The smallest absolute Gasteiger partial charge is 0.246 e. The summed E-state index contributed by atoms with van der Waals surface area (Å²) in [5.74, 6) is 3.14. The standard InChI is InChI=1S/C26H34N2O2/c1-25-11-12-28(3)24(29)14-18(25)5-6-20-22-8-7-21(26(22,2)10-9-23(20)25)17-13-19(30-4)16-27-15-17/h7,13-16,20,22-23H,5-6,8-12H2,1-4H3/t20-,22-,23-,25-,26+/m0/s1. The van der Waals surface area contributed by atoms with Crippen molar-refractivity contribution in [1.29, 1.82) is 0 Å². The van der Waals surface area contributed by atoms with E-state index < -0.39 is 0 Å². The van der Waals surface area contributed by atoms with Crippen LogP contribution in [0, 0.1) is 28.6 Å². The molecular weight excluding hydrogens is 372 g/mol. The van der Waals surface area contributed by atoms with Gasteiger partial charge in [-0.25, -0.2) is 0 Å². The summed E-state index contributed by atoms with van der Waals surface area (Å²) in [6, 6.07) is 2.15. The number of methoxy groups -OCH3 is 1. The molecule has 0 spiro atoms. The van der Waals surface area contributed by atoms with Crippen molar-refractivity contribution in [2.45, 2.75) is 52.4 Å². The van der Waals surface area contributed by atoms with Crippen molar-refractivity contribution in [2.75, 3.05) is 20.7 Å². The maximum atomic E-state index is 12.5. The molecule has 30 heavy (non-hydrogen) atoms. The molecule has 4 heteroatoms. The number of carbonyl (C=O) groups excluding carboxylic acids is 1. The molecule has 0 saturated heterocycles. The van der Waals surface area contributed by atoms with Gasteiger partial charge in [-0.05, 0) is 84.3 Å². The van der Waals surface area contributed by atoms with Crippen molar-refractivity contribution in [3.63, 3.8) is 0 Å². The largest absolute Gasteiger partial charge is 0.495 e. The molecule has 0 radical (unpaired) electrons. The second-order valence-electron chi connectivity index (χ2n) is 10.4. The molecule has 1 aliphatic heterocycles. The molecule has 1 aromatic heterocycles. The van der Waals surface area contributed by atoms with Gasteiger partial charge >= 0.3 is 0 Å². The highest BCUT2D eigenvalue weighted by Gasteiger charge is 2.57. The van der Waals surface area contributed by atoms with Gasteiger partial charge in [-0.2, -0.15) is 0 Å². The van der Waals surface area contributed by atoms with Crippen LogP contribution < -0.4 is 4.74 Å². The van der Waals surface area contributed by atoms with E-state index in [1.807, 2.05) is 24.2 Å². The minimum absolute atomic E-state index is 0.172. The van der Waals surface area contributed by atoms with Gasteiger partial charge in [-0.3, -0.25) is 9.78 Å². The SMILES string of the molecule is COc1cncc(C2=CC[C@H]3[C@@H]4CCC5=CC(=O)N(C)CC[C@]5(C)[C@H]4CC[C@]23C)c1. The van der Waals surface area contributed by atoms with E-state index in [1.165, 1.54) is 36.0 Å². The van der Waals surface area contributed by atoms with Crippen molar-refractivity contribution >= 4 is 11.5 Å². The molecule has 0 aromatic carbocycles. The summed E-state index contributed by atoms with van der Waals surface area (Å²) >= 11 is 0. The normalized spacial score (nSPS) is 38.1. The van der Waals surface area contributed by atoms with E-state index >= 15 is 0 Å². The van der Waals surface area contributed by atoms with Crippen molar-refractivity contribution in [2.24, 2.45) is 28.6 Å². The third-order valence-electron chi connectivity index (χ3n) is 9.22. The summed E-state index contributed by atoms with van der Waals surface area (Å²) in [6.07, 6.45) is 15.3. The average Bonchev–Trinajstić information content (AvgIpc) is 3.05. The van der Waals surface area contributed by atoms with Gasteiger partial charge in [0, 0.05) is 25.9 Å². The topological polar surface area (TPSA) is 42.4 Å². The minimum Gasteiger partial charge on any atom is -0.495 e. The first-order chi connectivity index (χ1) is 14.4. The van der Waals surface area contributed by atoms with Crippen LogP contribution in [0.15, 0.2) is 36.2 Å². The number of pyridine rings is 1. The highest BCUT2D eigenvalue weighted by atomic mass is 16.5. The number of carbonyl (C=O) groups is 1. The molecule has 2 saturated carbocycles. The Morgan fingerprint density at radius 1 is 1.13 bits per heavy atom. The maximum absolute atomic E-state index is 12.5. The van der Waals surface area contributed by atoms with E-state index in [4.69, 9.17) is 4.74 Å². The zero-order valence-corrected chi connectivity index (χ0v) is 18.8. The molecule has 3 aliphatic carbocycles. The molecule has 5 rings (SSSR count). The number of nitrogens with zero attached hydrogens (tertiary/aromatic N) is 2. The van der Waals surface area contributed by atoms with Crippen LogP contribution in [0.5, 0.6) is 5.75 Å². The number of amides is 1. The second kappa shape index (κ2) is 6.96. The Balaban J connectivity index is 1.46. The quantitative estimate of drug-likeness (QED) is 0.685. The van der Waals surface area contributed by atoms with Crippen molar-refractivity contribution in [3.8, 4) is 5.75 Å². The van der Waals surface area contributed by atoms with Gasteiger partial charge in [-0.15, -0.1) is 0 Å². The van der Waals surface area contributed by atoms with Crippen LogP contribution in [-0.2, 0) is 4.79 Å². The first kappa shape index (κ1) is 19.8. The minimum atomic E-state index is 0.172. The summed E-state index contributed by atoms with van der Waals surface area (Å²) in [7, 11) is 3.66. The van der Waals surface area contributed by atoms with E-state index in [0.29, 0.717) is 11.8 Å². The second-order valence-corrected chi connectivity index (χ2v) is 10.4. The van der Waals surface area contributed by atoms with Gasteiger partial charge in [0.2, 0.25) is 5.91 Å². The fourth-order valence-corrected chi connectivity index (χ4v) is 7.37. The van der Waals surface area contributed by atoms with E-state index in [-0.39, 0.29) is 16.7 Å². The molecule has 4 aliphatic rings. The Kier molecular flexibility index (Phi) is 4.61. The Morgan fingerprint density at radius 2 is 1.97 bits per heavy atom. The number of ether oxygens (including phenoxy) is 1. The fourth-order valence-electron chi connectivity index (χ4n) is 7.37. The average molecular weight is 407 g/mol. The van der Waals surface area contributed by atoms with Crippen LogP contribution in [0.1, 0.15) is 57.9 Å². The lowest BCUT2D eigenvalue weighted by Gasteiger charge is -2.57. The summed E-state index contributed by atoms with van der Waals surface area (Å²) in [4.78, 5) is 18.8. The summed E-state index contributed by atoms with van der Waals surface area (Å²) in [5.41, 5.74) is 4.50. The lowest BCUT2D eigenvalue weighted by molar-refractivity contribution is -0.124. The molecule has 0 unspecified atom stereocenters. The molecule has 5 atom stereocenters. The van der Waals surface area contributed by atoms with Crippen molar-refractivity contribution in [1.82, 2.24) is 9.88 Å². The zero-order valence-electron chi connectivity index (χ0n) is 18.8. The van der Waals surface area contributed by atoms with Crippen LogP contribution >= 0.6 is 0 Å². The molecular formula is C26H34N2O2. The third kappa shape index (κ3) is 2.79. The number of aromatic nitrogens is 1. The van der Waals surface area contributed by atoms with Gasteiger partial charge in [0.05, 0.1) is 13.3 Å². The maximum Gasteiger partial charge on any atom is 0.246 e. The van der Waals surface area contributed by atoms with E-state index in [0.717, 1.165) is 37.5 Å². The Morgan fingerprint density at radius 3 is 2.77 bits per heavy atom. The lowest BCUT2D eigenvalue weighted by Crippen LogP contribution is -2.49. The van der Waals surface area contributed by atoms with Crippen LogP contribution in [0.3, 0.4) is 0 Å². The molecule has 2 heterocycles. The summed E-state index contributed by atoms with van der Waals surface area (Å²) in [5, 5.41) is 0. The lowest BCUT2D eigenvalue weighted by atomic mass is 9.47. The van der Waals surface area contributed by atoms with Gasteiger partial charge in [-0.1, -0.05) is 25.5 Å². The van der Waals surface area contributed by atoms with E-state index in [2.05, 4.69) is 31.0 Å². The number of likely N-dealkylation sites (N-methyl/N-ethyl adjacent to an activating group) is 1. The van der Waals surface area contributed by atoms with E-state index in [9.17, 15) is 4.79 Å². The highest BCUT2D eigenvalue weighted by Crippen LogP contribution is 2.66. The number of rotatable bonds is 2. The number of allylic oxidation sites excluding steroid dienone is 3. The Hall–Kier alpha value is -2.10. The van der Waals surface area contributed by atoms with Crippen molar-refractivity contribution < 1.29 is 9.53 Å². The predicted octanol–water partition coefficient (Wildman–Crippen LogP) is 5.11. The van der Waals surface area contributed by atoms with Crippen LogP contribution in [-0.4, -0.2) is 36.5 Å². The van der Waals surface area contributed by atoms with Gasteiger partial charge in [0.25, 0.3) is 0 Å². The highest BCUT2D eigenvalue weighted by molar-refractivity contribution is 5.88. The van der Waals surface area contributed by atoms with Gasteiger partial charge in [0.15, 0.2) is 0 Å². The molecule has 1 amide bonds. The number of fused-ring (bicyclic) bond motifs is 5. The number of hydrogen-bond donors (Lipinski definition) is 0. The summed E-state index contributed by atoms with van der Waals surface area (Å²) in [6.45, 7) is 5.82. The molecule has 0 N–H and O–H groups in total. The van der Waals surface area contributed by atoms with Crippen LogP contribution in [0.4, 0.5) is 0 Å². The van der Waals surface area contributed by atoms with Crippen molar-refractivity contribution in [3.05, 3.63) is 41.7 Å². The predicted molar refractivity (Wildman–Crippen MR) is 119 cm³/mol. The molecule has 0 bridgehead atoms. The first-order valence-electron chi connectivity index (χ1n) is 11.5. The Labute approximate surface area is 180 Å². The fraction of sp³-hybridized carbons (Fsp3) is 0.615. The number of hydrogen-bond acceptors (Lipinski definition) is 3. The molecule has 2 fully saturated rings. The zero-order chi connectivity index (χ0) is 21.1. The molecule has 1 aromatic rings. The first-order valence-corrected chi connectivity index (χ1v) is 11.5. The van der Waals surface area contributed by atoms with Gasteiger partial charge < -0.3 is 9.64 Å². The van der Waals surface area contributed by atoms with Crippen LogP contribution in [0.2, 0.25) is 0 Å². The Bertz CT molecular complexity index is 935. The summed E-state index contributed by atoms with van der Waals surface area (Å²) < 4.78 is 5.44. The molecule has 160 valence electrons. The van der Waals surface area contributed by atoms with Gasteiger partial charge in [0.1, 0.15) is 5.75 Å². The monoisotopic (exact) mass is 406 g/mol. The van der Waals surface area contributed by atoms with E-state index in [1.54, 1.807) is 13.3 Å².